The smallest absolute Gasteiger partial charge is 0.340 e. The van der Waals surface area contributed by atoms with E-state index in [4.69, 9.17) is 16.3 Å². The molecule has 0 aliphatic carbocycles. The lowest BCUT2D eigenvalue weighted by Gasteiger charge is -2.21. The zero-order valence-corrected chi connectivity index (χ0v) is 15.0. The number of carbonyl (C=O) groups is 2. The number of halogens is 2. The zero-order chi connectivity index (χ0) is 17.0. The first-order valence-electron chi connectivity index (χ1n) is 6.82. The molecule has 0 saturated carbocycles. The van der Waals surface area contributed by atoms with Gasteiger partial charge >= 0.3 is 5.97 Å². The van der Waals surface area contributed by atoms with Gasteiger partial charge < -0.3 is 9.64 Å². The summed E-state index contributed by atoms with van der Waals surface area (Å²) in [6, 6.07) is 13.7. The van der Waals surface area contributed by atoms with Crippen molar-refractivity contribution in [3.05, 3.63) is 69.2 Å². The van der Waals surface area contributed by atoms with Gasteiger partial charge in [-0.3, -0.25) is 4.79 Å². The van der Waals surface area contributed by atoms with Crippen LogP contribution in [-0.2, 0) is 9.53 Å². The summed E-state index contributed by atoms with van der Waals surface area (Å²) in [6.07, 6.45) is -1.02. The molecule has 6 heteroatoms. The maximum atomic E-state index is 12.4. The van der Waals surface area contributed by atoms with Gasteiger partial charge in [0.15, 0.2) is 0 Å². The van der Waals surface area contributed by atoms with Gasteiger partial charge in [-0.05, 0) is 18.2 Å². The highest BCUT2D eigenvalue weighted by atomic mass is 79.9. The van der Waals surface area contributed by atoms with E-state index >= 15 is 0 Å². The fourth-order valence-corrected chi connectivity index (χ4v) is 2.50. The highest BCUT2D eigenvalue weighted by Crippen LogP contribution is 2.26. The van der Waals surface area contributed by atoms with E-state index < -0.39 is 12.1 Å². The number of esters is 1. The van der Waals surface area contributed by atoms with Gasteiger partial charge in [-0.1, -0.05) is 57.9 Å². The molecule has 1 unspecified atom stereocenters. The molecule has 0 heterocycles. The van der Waals surface area contributed by atoms with Gasteiger partial charge in [0.25, 0.3) is 5.91 Å². The molecular formula is C17H15BrClNO3. The molecule has 0 saturated heterocycles. The molecule has 0 bridgehead atoms. The number of nitrogens with zero attached hydrogens (tertiary/aromatic N) is 1. The number of likely N-dealkylation sites (N-methyl/N-ethyl adjacent to an activating group) is 1. The van der Waals surface area contributed by atoms with Gasteiger partial charge in [-0.25, -0.2) is 4.79 Å². The van der Waals surface area contributed by atoms with Gasteiger partial charge in [-0.2, -0.15) is 0 Å². The highest BCUT2D eigenvalue weighted by molar-refractivity contribution is 9.10. The van der Waals surface area contributed by atoms with Crippen molar-refractivity contribution in [2.24, 2.45) is 0 Å². The second kappa shape index (κ2) is 7.62. The van der Waals surface area contributed by atoms with Gasteiger partial charge in [0.1, 0.15) is 0 Å². The minimum atomic E-state index is -1.02. The van der Waals surface area contributed by atoms with Crippen LogP contribution in [0, 0.1) is 0 Å². The fraction of sp³-hybridized carbons (Fsp3) is 0.176. The molecule has 0 aromatic heterocycles. The highest BCUT2D eigenvalue weighted by Gasteiger charge is 2.27. The minimum absolute atomic E-state index is 0.202. The topological polar surface area (TPSA) is 46.6 Å². The first-order valence-corrected chi connectivity index (χ1v) is 7.99. The predicted octanol–water partition coefficient (Wildman–Crippen LogP) is 4.09. The lowest BCUT2D eigenvalue weighted by molar-refractivity contribution is -0.138. The van der Waals surface area contributed by atoms with Gasteiger partial charge in [0.2, 0.25) is 6.10 Å². The van der Waals surface area contributed by atoms with Crippen LogP contribution in [-0.4, -0.2) is 30.9 Å². The summed E-state index contributed by atoms with van der Waals surface area (Å²) < 4.78 is 6.14. The van der Waals surface area contributed by atoms with E-state index in [1.54, 1.807) is 56.6 Å². The standard InChI is InChI=1S/C17H15BrClNO3/c1-20(2)16(21)15(11-6-4-3-5-7-11)23-17(22)13-10-12(18)8-9-14(13)19/h3-10,15H,1-2H3. The first-order chi connectivity index (χ1) is 10.9. The Morgan fingerprint density at radius 1 is 1.13 bits per heavy atom. The molecule has 2 aromatic carbocycles. The second-order valence-corrected chi connectivity index (χ2v) is 6.38. The number of hydrogen-bond acceptors (Lipinski definition) is 3. The number of carbonyl (C=O) groups excluding carboxylic acids is 2. The number of rotatable bonds is 4. The summed E-state index contributed by atoms with van der Waals surface area (Å²) in [7, 11) is 3.22. The van der Waals surface area contributed by atoms with E-state index in [-0.39, 0.29) is 16.5 Å². The van der Waals surface area contributed by atoms with E-state index in [9.17, 15) is 9.59 Å². The Bertz CT molecular complexity index is 719. The summed E-state index contributed by atoms with van der Waals surface area (Å²) in [5.74, 6) is -0.976. The average molecular weight is 397 g/mol. The lowest BCUT2D eigenvalue weighted by atomic mass is 10.1. The van der Waals surface area contributed by atoms with Crippen LogP contribution in [0.25, 0.3) is 0 Å². The lowest BCUT2D eigenvalue weighted by Crippen LogP contribution is -2.31. The molecule has 4 nitrogen and oxygen atoms in total. The van der Waals surface area contributed by atoms with Crippen LogP contribution in [0.5, 0.6) is 0 Å². The van der Waals surface area contributed by atoms with Gasteiger partial charge in [-0.15, -0.1) is 0 Å². The van der Waals surface area contributed by atoms with E-state index in [0.717, 1.165) is 0 Å². The maximum absolute atomic E-state index is 12.4. The van der Waals surface area contributed by atoms with Crippen LogP contribution in [0.2, 0.25) is 5.02 Å². The fourth-order valence-electron chi connectivity index (χ4n) is 1.95. The largest absolute Gasteiger partial charge is 0.444 e. The van der Waals surface area contributed by atoms with Crippen LogP contribution in [0.15, 0.2) is 53.0 Å². The Balaban J connectivity index is 2.32. The average Bonchev–Trinajstić information content (AvgIpc) is 2.54. The summed E-state index contributed by atoms with van der Waals surface area (Å²) in [6.45, 7) is 0. The SMILES string of the molecule is CN(C)C(=O)C(OC(=O)c1cc(Br)ccc1Cl)c1ccccc1. The van der Waals surface area contributed by atoms with Crippen LogP contribution >= 0.6 is 27.5 Å². The van der Waals surface area contributed by atoms with Crippen molar-refractivity contribution in [1.82, 2.24) is 4.90 Å². The molecular weight excluding hydrogens is 382 g/mol. The third-order valence-electron chi connectivity index (χ3n) is 3.14. The molecule has 120 valence electrons. The van der Waals surface area contributed by atoms with Crippen molar-refractivity contribution in [2.75, 3.05) is 14.1 Å². The van der Waals surface area contributed by atoms with Crippen molar-refractivity contribution < 1.29 is 14.3 Å². The molecule has 1 atom stereocenters. The van der Waals surface area contributed by atoms with E-state index in [1.807, 2.05) is 6.07 Å². The molecule has 2 aromatic rings. The third kappa shape index (κ3) is 4.33. The quantitative estimate of drug-likeness (QED) is 0.731. The summed E-state index contributed by atoms with van der Waals surface area (Å²) >= 11 is 9.33. The van der Waals surface area contributed by atoms with Crippen LogP contribution in [0.1, 0.15) is 22.0 Å². The van der Waals surface area contributed by atoms with Gasteiger partial charge in [0, 0.05) is 24.1 Å². The summed E-state index contributed by atoms with van der Waals surface area (Å²) in [4.78, 5) is 26.2. The van der Waals surface area contributed by atoms with E-state index in [2.05, 4.69) is 15.9 Å². The molecule has 23 heavy (non-hydrogen) atoms. The molecule has 0 N–H and O–H groups in total. The Hall–Kier alpha value is -1.85. The maximum Gasteiger partial charge on any atom is 0.340 e. The van der Waals surface area contributed by atoms with E-state index in [1.165, 1.54) is 4.90 Å². The Morgan fingerprint density at radius 2 is 1.78 bits per heavy atom. The molecule has 0 aliphatic heterocycles. The monoisotopic (exact) mass is 395 g/mol. The minimum Gasteiger partial charge on any atom is -0.444 e. The predicted molar refractivity (Wildman–Crippen MR) is 92.4 cm³/mol. The van der Waals surface area contributed by atoms with Crippen molar-refractivity contribution in [1.29, 1.82) is 0 Å². The second-order valence-electron chi connectivity index (χ2n) is 5.05. The van der Waals surface area contributed by atoms with Crippen molar-refractivity contribution in [3.63, 3.8) is 0 Å². The molecule has 1 amide bonds. The normalized spacial score (nSPS) is 11.7. The van der Waals surface area contributed by atoms with Crippen LogP contribution < -0.4 is 0 Å². The van der Waals surface area contributed by atoms with Crippen LogP contribution in [0.3, 0.4) is 0 Å². The number of hydrogen-bond donors (Lipinski definition) is 0. The molecule has 0 radical (unpaired) electrons. The molecule has 2 rings (SSSR count). The zero-order valence-electron chi connectivity index (χ0n) is 12.6. The molecule has 0 aliphatic rings. The number of benzene rings is 2. The summed E-state index contributed by atoms with van der Waals surface area (Å²) in [5, 5.41) is 0.266. The third-order valence-corrected chi connectivity index (χ3v) is 3.96. The molecule has 0 fully saturated rings. The first kappa shape index (κ1) is 17.5. The van der Waals surface area contributed by atoms with Crippen LogP contribution in [0.4, 0.5) is 0 Å². The van der Waals surface area contributed by atoms with Crippen molar-refractivity contribution in [3.8, 4) is 0 Å². The Morgan fingerprint density at radius 3 is 2.39 bits per heavy atom. The number of amides is 1. The Kier molecular flexibility index (Phi) is 5.80. The van der Waals surface area contributed by atoms with Crippen molar-refractivity contribution in [2.45, 2.75) is 6.10 Å². The molecule has 0 spiro atoms. The number of ether oxygens (including phenoxy) is 1. The Labute approximate surface area is 148 Å². The van der Waals surface area contributed by atoms with Crippen molar-refractivity contribution >= 4 is 39.4 Å². The van der Waals surface area contributed by atoms with E-state index in [0.29, 0.717) is 10.0 Å². The summed E-state index contributed by atoms with van der Waals surface area (Å²) in [5.41, 5.74) is 0.805. The van der Waals surface area contributed by atoms with Gasteiger partial charge in [0.05, 0.1) is 10.6 Å².